The van der Waals surface area contributed by atoms with Crippen molar-refractivity contribution in [3.63, 3.8) is 0 Å². The Kier molecular flexibility index (Phi) is 21.8. The number of ether oxygens (including phenoxy) is 4. The third kappa shape index (κ3) is 16.2. The lowest BCUT2D eigenvalue weighted by atomic mass is 10.0. The quantitative estimate of drug-likeness (QED) is 0.0394. The van der Waals surface area contributed by atoms with E-state index in [1.165, 1.54) is 117 Å². The Morgan fingerprint density at radius 1 is 0.380 bits per heavy atom. The van der Waals surface area contributed by atoms with E-state index in [4.69, 9.17) is 18.9 Å². The van der Waals surface area contributed by atoms with Crippen LogP contribution in [0.15, 0.2) is 48.5 Å². The molecule has 6 heteroatoms. The summed E-state index contributed by atoms with van der Waals surface area (Å²) in [5.74, 6) is 1.79. The summed E-state index contributed by atoms with van der Waals surface area (Å²) in [6.45, 7) is 1.47. The summed E-state index contributed by atoms with van der Waals surface area (Å²) in [5, 5.41) is 4.54. The summed E-state index contributed by atoms with van der Waals surface area (Å²) >= 11 is 0. The van der Waals surface area contributed by atoms with Crippen LogP contribution in [0.25, 0.3) is 21.5 Å². The van der Waals surface area contributed by atoms with Gasteiger partial charge in [0.05, 0.1) is 27.4 Å². The van der Waals surface area contributed by atoms with Crippen LogP contribution in [0.1, 0.15) is 154 Å². The molecule has 50 heavy (non-hydrogen) atoms. The lowest BCUT2D eigenvalue weighted by molar-refractivity contribution is -0.141. The lowest BCUT2D eigenvalue weighted by Crippen LogP contribution is -2.02. The van der Waals surface area contributed by atoms with Crippen molar-refractivity contribution in [2.45, 2.75) is 154 Å². The molecule has 0 saturated heterocycles. The Bertz CT molecular complexity index is 1190. The second kappa shape index (κ2) is 26.5. The largest absolute Gasteiger partial charge is 0.492 e. The van der Waals surface area contributed by atoms with Crippen molar-refractivity contribution in [3.05, 3.63) is 48.5 Å². The van der Waals surface area contributed by atoms with Gasteiger partial charge < -0.3 is 18.9 Å². The lowest BCUT2D eigenvalue weighted by Gasteiger charge is -2.18. The van der Waals surface area contributed by atoms with E-state index in [9.17, 15) is 9.59 Å². The van der Waals surface area contributed by atoms with Gasteiger partial charge in [0, 0.05) is 34.4 Å². The van der Waals surface area contributed by atoms with E-state index in [1.807, 2.05) is 0 Å². The molecule has 3 rings (SSSR count). The molecule has 0 atom stereocenters. The van der Waals surface area contributed by atoms with Gasteiger partial charge in [-0.3, -0.25) is 9.59 Å². The molecule has 0 bridgehead atoms. The van der Waals surface area contributed by atoms with Crippen molar-refractivity contribution in [2.75, 3.05) is 27.4 Å². The molecule has 0 saturated carbocycles. The van der Waals surface area contributed by atoms with Gasteiger partial charge in [-0.1, -0.05) is 164 Å². The highest BCUT2D eigenvalue weighted by Crippen LogP contribution is 2.42. The fourth-order valence-corrected chi connectivity index (χ4v) is 6.84. The fraction of sp³-hybridized carbons (Fsp3) is 0.636. The van der Waals surface area contributed by atoms with Crippen molar-refractivity contribution >= 4 is 33.5 Å². The number of benzene rings is 3. The predicted octanol–water partition coefficient (Wildman–Crippen LogP) is 12.5. The van der Waals surface area contributed by atoms with Crippen molar-refractivity contribution in [3.8, 4) is 11.5 Å². The maximum Gasteiger partial charge on any atom is 0.305 e. The summed E-state index contributed by atoms with van der Waals surface area (Å²) in [6, 6.07) is 17.1. The molecule has 0 aromatic heterocycles. The molecule has 0 aliphatic rings. The Balaban J connectivity index is 1.31. The highest BCUT2D eigenvalue weighted by molar-refractivity contribution is 6.11. The molecule has 0 aliphatic heterocycles. The Morgan fingerprint density at radius 3 is 0.880 bits per heavy atom. The molecule has 3 aromatic rings. The molecule has 0 radical (unpaired) electrons. The van der Waals surface area contributed by atoms with E-state index in [-0.39, 0.29) is 11.9 Å². The molecule has 0 fully saturated rings. The van der Waals surface area contributed by atoms with Crippen LogP contribution in [0, 0.1) is 0 Å². The van der Waals surface area contributed by atoms with Crippen LogP contribution in [0.4, 0.5) is 0 Å². The van der Waals surface area contributed by atoms with Crippen LogP contribution in [-0.2, 0) is 19.1 Å². The van der Waals surface area contributed by atoms with E-state index in [1.54, 1.807) is 0 Å². The average molecular weight is 691 g/mol. The first-order valence-electron chi connectivity index (χ1n) is 20.0. The van der Waals surface area contributed by atoms with Gasteiger partial charge in [-0.15, -0.1) is 0 Å². The number of rotatable bonds is 30. The second-order valence-corrected chi connectivity index (χ2v) is 13.9. The first-order valence-corrected chi connectivity index (χ1v) is 20.0. The summed E-state index contributed by atoms with van der Waals surface area (Å²) in [6.07, 6.45) is 27.7. The van der Waals surface area contributed by atoms with Gasteiger partial charge in [-0.25, -0.2) is 0 Å². The van der Waals surface area contributed by atoms with E-state index in [0.29, 0.717) is 12.8 Å². The van der Waals surface area contributed by atoms with Gasteiger partial charge in [0.1, 0.15) is 11.5 Å². The highest BCUT2D eigenvalue weighted by atomic mass is 16.5. The molecule has 0 unspecified atom stereocenters. The van der Waals surface area contributed by atoms with Crippen molar-refractivity contribution in [1.82, 2.24) is 0 Å². The zero-order chi connectivity index (χ0) is 35.5. The van der Waals surface area contributed by atoms with Crippen LogP contribution in [0.3, 0.4) is 0 Å². The third-order valence-corrected chi connectivity index (χ3v) is 9.83. The van der Waals surface area contributed by atoms with Crippen molar-refractivity contribution < 1.29 is 28.5 Å². The van der Waals surface area contributed by atoms with Gasteiger partial charge in [0.2, 0.25) is 0 Å². The number of carbonyl (C=O) groups is 2. The molecular formula is C44H66O6. The number of methoxy groups -OCH3 is 2. The van der Waals surface area contributed by atoms with Crippen molar-refractivity contribution in [2.24, 2.45) is 0 Å². The minimum absolute atomic E-state index is 0.0891. The maximum absolute atomic E-state index is 11.2. The summed E-state index contributed by atoms with van der Waals surface area (Å²) in [4.78, 5) is 22.4. The molecule has 6 nitrogen and oxygen atoms in total. The summed E-state index contributed by atoms with van der Waals surface area (Å²) in [5.41, 5.74) is 0. The minimum Gasteiger partial charge on any atom is -0.492 e. The van der Waals surface area contributed by atoms with Gasteiger partial charge in [-0.05, 0) is 25.7 Å². The van der Waals surface area contributed by atoms with E-state index >= 15 is 0 Å². The average Bonchev–Trinajstić information content (AvgIpc) is 3.15. The molecule has 0 spiro atoms. The molecular weight excluding hydrogens is 624 g/mol. The number of unbranched alkanes of at least 4 members (excludes halogenated alkanes) is 20. The standard InChI is InChI=1S/C44H66O6/c1-47-41(45)33-21-17-13-9-5-3-7-11-15-19-27-35-49-43-37-29-23-25-31-39(37)44(40-32-26-24-30-38(40)43)50-36-28-20-16-12-8-4-6-10-14-18-22-34-42(46)48-2/h23-26,29-32H,3-22,27-28,33-36H2,1-2H3. The highest BCUT2D eigenvalue weighted by Gasteiger charge is 2.16. The van der Waals surface area contributed by atoms with Gasteiger partial charge in [0.15, 0.2) is 0 Å². The van der Waals surface area contributed by atoms with E-state index in [2.05, 4.69) is 48.5 Å². The Hall–Kier alpha value is -3.28. The number of esters is 2. The minimum atomic E-state index is -0.0891. The van der Waals surface area contributed by atoms with Crippen LogP contribution in [0.2, 0.25) is 0 Å². The van der Waals surface area contributed by atoms with Crippen LogP contribution >= 0.6 is 0 Å². The monoisotopic (exact) mass is 690 g/mol. The summed E-state index contributed by atoms with van der Waals surface area (Å²) in [7, 11) is 2.92. The first-order chi connectivity index (χ1) is 24.7. The van der Waals surface area contributed by atoms with Gasteiger partial charge >= 0.3 is 11.9 Å². The van der Waals surface area contributed by atoms with Crippen LogP contribution < -0.4 is 9.47 Å². The van der Waals surface area contributed by atoms with E-state index in [0.717, 1.165) is 84.8 Å². The third-order valence-electron chi connectivity index (χ3n) is 9.83. The van der Waals surface area contributed by atoms with Crippen LogP contribution in [0.5, 0.6) is 11.5 Å². The molecule has 3 aromatic carbocycles. The molecule has 278 valence electrons. The fourth-order valence-electron chi connectivity index (χ4n) is 6.84. The number of fused-ring (bicyclic) bond motifs is 2. The predicted molar refractivity (Wildman–Crippen MR) is 207 cm³/mol. The number of hydrogen-bond donors (Lipinski definition) is 0. The summed E-state index contributed by atoms with van der Waals surface area (Å²) < 4.78 is 22.5. The van der Waals surface area contributed by atoms with Gasteiger partial charge in [0.25, 0.3) is 0 Å². The maximum atomic E-state index is 11.2. The van der Waals surface area contributed by atoms with E-state index < -0.39 is 0 Å². The Labute approximate surface area is 303 Å². The zero-order valence-electron chi connectivity index (χ0n) is 31.5. The zero-order valence-corrected chi connectivity index (χ0v) is 31.5. The topological polar surface area (TPSA) is 71.1 Å². The molecule has 0 aliphatic carbocycles. The normalized spacial score (nSPS) is 11.2. The molecule has 0 N–H and O–H groups in total. The Morgan fingerprint density at radius 2 is 0.620 bits per heavy atom. The van der Waals surface area contributed by atoms with Gasteiger partial charge in [-0.2, -0.15) is 0 Å². The number of carbonyl (C=O) groups excluding carboxylic acids is 2. The van der Waals surface area contributed by atoms with Crippen LogP contribution in [-0.4, -0.2) is 39.4 Å². The second-order valence-electron chi connectivity index (χ2n) is 13.9. The number of hydrogen-bond acceptors (Lipinski definition) is 6. The van der Waals surface area contributed by atoms with Crippen molar-refractivity contribution in [1.29, 1.82) is 0 Å². The smallest absolute Gasteiger partial charge is 0.305 e. The SMILES string of the molecule is COC(=O)CCCCCCCCCCCCCOc1c2ccccc2c(OCCCCCCCCCCCCCC(=O)OC)c2ccccc12. The molecule has 0 amide bonds. The molecule has 0 heterocycles. The first kappa shape index (κ1) is 41.1.